The highest BCUT2D eigenvalue weighted by Crippen LogP contribution is 2.39. The number of methoxy groups -OCH3 is 2. The molecule has 0 atom stereocenters. The van der Waals surface area contributed by atoms with Crippen LogP contribution in [-0.2, 0) is 11.2 Å². The number of carbonyl (C=O) groups is 1. The number of nitrogens with zero attached hydrogens (tertiary/aromatic N) is 1. The van der Waals surface area contributed by atoms with Crippen LogP contribution < -0.4 is 14.4 Å². The van der Waals surface area contributed by atoms with Crippen molar-refractivity contribution < 1.29 is 14.3 Å². The minimum absolute atomic E-state index is 0.121. The van der Waals surface area contributed by atoms with Crippen molar-refractivity contribution in [3.63, 3.8) is 0 Å². The Morgan fingerprint density at radius 2 is 1.96 bits per heavy atom. The number of anilines is 1. The van der Waals surface area contributed by atoms with E-state index in [1.807, 2.05) is 49.4 Å². The van der Waals surface area contributed by atoms with Gasteiger partial charge in [0.15, 0.2) is 15.8 Å². The first kappa shape index (κ1) is 20.2. The SMILES string of the molecule is C=CCc1cc(/C=C2\SC(=S)N(c3ccccc3C)C2=O)cc(OC)c1OC. The van der Waals surface area contributed by atoms with Gasteiger partial charge in [0.2, 0.25) is 0 Å². The predicted molar refractivity (Wildman–Crippen MR) is 120 cm³/mol. The third kappa shape index (κ3) is 3.84. The fourth-order valence-electron chi connectivity index (χ4n) is 3.10. The van der Waals surface area contributed by atoms with E-state index in [9.17, 15) is 4.79 Å². The molecule has 0 N–H and O–H groups in total. The summed E-state index contributed by atoms with van der Waals surface area (Å²) in [5.41, 5.74) is 3.60. The van der Waals surface area contributed by atoms with Gasteiger partial charge in [-0.15, -0.1) is 6.58 Å². The summed E-state index contributed by atoms with van der Waals surface area (Å²) < 4.78 is 11.5. The summed E-state index contributed by atoms with van der Waals surface area (Å²) in [6.07, 6.45) is 4.27. The van der Waals surface area contributed by atoms with Gasteiger partial charge in [-0.1, -0.05) is 48.3 Å². The number of benzene rings is 2. The van der Waals surface area contributed by atoms with Crippen molar-refractivity contribution in [2.45, 2.75) is 13.3 Å². The van der Waals surface area contributed by atoms with E-state index < -0.39 is 0 Å². The Balaban J connectivity index is 2.01. The van der Waals surface area contributed by atoms with Crippen LogP contribution >= 0.6 is 24.0 Å². The number of para-hydroxylation sites is 1. The molecule has 6 heteroatoms. The molecule has 1 amide bonds. The Hall–Kier alpha value is -2.57. The highest BCUT2D eigenvalue weighted by Gasteiger charge is 2.34. The number of rotatable bonds is 6. The zero-order valence-corrected chi connectivity index (χ0v) is 17.7. The van der Waals surface area contributed by atoms with Gasteiger partial charge < -0.3 is 9.47 Å². The molecule has 1 saturated heterocycles. The van der Waals surface area contributed by atoms with Gasteiger partial charge in [0.1, 0.15) is 0 Å². The van der Waals surface area contributed by atoms with Gasteiger partial charge in [-0.3, -0.25) is 9.69 Å². The van der Waals surface area contributed by atoms with Crippen LogP contribution in [0.15, 0.2) is 54.0 Å². The predicted octanol–water partition coefficient (Wildman–Crippen LogP) is 5.15. The molecule has 1 heterocycles. The zero-order chi connectivity index (χ0) is 20.3. The minimum Gasteiger partial charge on any atom is -0.493 e. The monoisotopic (exact) mass is 411 g/mol. The summed E-state index contributed by atoms with van der Waals surface area (Å²) in [7, 11) is 3.20. The van der Waals surface area contributed by atoms with Gasteiger partial charge in [-0.25, -0.2) is 0 Å². The molecule has 2 aromatic carbocycles. The number of amides is 1. The molecule has 1 aliphatic rings. The van der Waals surface area contributed by atoms with E-state index in [0.717, 1.165) is 22.4 Å². The molecule has 1 aliphatic heterocycles. The molecule has 28 heavy (non-hydrogen) atoms. The number of thiocarbonyl (C=S) groups is 1. The molecule has 3 rings (SSSR count). The summed E-state index contributed by atoms with van der Waals surface area (Å²) in [5.74, 6) is 1.17. The number of hydrogen-bond donors (Lipinski definition) is 0. The Labute approximate surface area is 174 Å². The molecule has 4 nitrogen and oxygen atoms in total. The van der Waals surface area contributed by atoms with Crippen LogP contribution in [0.4, 0.5) is 5.69 Å². The number of aryl methyl sites for hydroxylation is 1. The first-order chi connectivity index (χ1) is 13.5. The standard InChI is InChI=1S/C22H21NO3S2/c1-5-8-16-11-15(12-18(25-3)20(16)26-4)13-19-21(24)23(22(27)28-19)17-10-7-6-9-14(17)2/h5-7,9-13H,1,8H2,2-4H3/b19-13-. The van der Waals surface area contributed by atoms with Gasteiger partial charge in [-0.2, -0.15) is 0 Å². The molecular weight excluding hydrogens is 390 g/mol. The summed E-state index contributed by atoms with van der Waals surface area (Å²) in [6, 6.07) is 11.5. The van der Waals surface area contributed by atoms with Crippen LogP contribution in [0, 0.1) is 6.92 Å². The quantitative estimate of drug-likeness (QED) is 0.374. The fraction of sp³-hybridized carbons (Fsp3) is 0.182. The summed E-state index contributed by atoms with van der Waals surface area (Å²) in [6.45, 7) is 5.77. The van der Waals surface area contributed by atoms with E-state index in [1.54, 1.807) is 25.2 Å². The molecular formula is C22H21NO3S2. The number of carbonyl (C=O) groups excluding carboxylic acids is 1. The topological polar surface area (TPSA) is 38.8 Å². The second-order valence-corrected chi connectivity index (χ2v) is 7.89. The third-order valence-corrected chi connectivity index (χ3v) is 5.69. The average Bonchev–Trinajstić information content (AvgIpc) is 2.95. The van der Waals surface area contributed by atoms with E-state index in [0.29, 0.717) is 27.1 Å². The van der Waals surface area contributed by atoms with Crippen LogP contribution in [0.1, 0.15) is 16.7 Å². The molecule has 0 unspecified atom stereocenters. The van der Waals surface area contributed by atoms with Gasteiger partial charge in [0.05, 0.1) is 24.8 Å². The normalized spacial score (nSPS) is 15.2. The van der Waals surface area contributed by atoms with E-state index >= 15 is 0 Å². The van der Waals surface area contributed by atoms with E-state index in [2.05, 4.69) is 6.58 Å². The maximum atomic E-state index is 13.0. The second kappa shape index (κ2) is 8.63. The lowest BCUT2D eigenvalue weighted by Gasteiger charge is -2.16. The van der Waals surface area contributed by atoms with Crippen molar-refractivity contribution in [3.8, 4) is 11.5 Å². The highest BCUT2D eigenvalue weighted by molar-refractivity contribution is 8.27. The molecule has 1 fully saturated rings. The Morgan fingerprint density at radius 3 is 2.61 bits per heavy atom. The molecule has 144 valence electrons. The average molecular weight is 412 g/mol. The Bertz CT molecular complexity index is 982. The van der Waals surface area contributed by atoms with Crippen LogP contribution in [0.25, 0.3) is 6.08 Å². The maximum Gasteiger partial charge on any atom is 0.270 e. The van der Waals surface area contributed by atoms with Gasteiger partial charge in [0, 0.05) is 5.56 Å². The van der Waals surface area contributed by atoms with E-state index in [4.69, 9.17) is 21.7 Å². The first-order valence-corrected chi connectivity index (χ1v) is 9.92. The van der Waals surface area contributed by atoms with Gasteiger partial charge >= 0.3 is 0 Å². The number of ether oxygens (including phenoxy) is 2. The molecule has 0 bridgehead atoms. The van der Waals surface area contributed by atoms with Crippen LogP contribution in [0.2, 0.25) is 0 Å². The Kier molecular flexibility index (Phi) is 6.21. The van der Waals surface area contributed by atoms with Gasteiger partial charge in [-0.05, 0) is 48.7 Å². The number of allylic oxidation sites excluding steroid dienone is 1. The van der Waals surface area contributed by atoms with Crippen molar-refractivity contribution in [2.24, 2.45) is 0 Å². The van der Waals surface area contributed by atoms with Crippen molar-refractivity contribution in [3.05, 3.63) is 70.6 Å². The first-order valence-electron chi connectivity index (χ1n) is 8.69. The van der Waals surface area contributed by atoms with E-state index in [-0.39, 0.29) is 5.91 Å². The summed E-state index contributed by atoms with van der Waals surface area (Å²) >= 11 is 6.78. The summed E-state index contributed by atoms with van der Waals surface area (Å²) in [4.78, 5) is 15.2. The zero-order valence-electron chi connectivity index (χ0n) is 16.0. The van der Waals surface area contributed by atoms with Crippen molar-refractivity contribution in [1.29, 1.82) is 0 Å². The fourth-order valence-corrected chi connectivity index (χ4v) is 4.38. The molecule has 0 spiro atoms. The smallest absolute Gasteiger partial charge is 0.270 e. The second-order valence-electron chi connectivity index (χ2n) is 6.21. The van der Waals surface area contributed by atoms with Crippen molar-refractivity contribution in [2.75, 3.05) is 19.1 Å². The molecule has 0 aliphatic carbocycles. The number of thioether (sulfide) groups is 1. The van der Waals surface area contributed by atoms with Crippen LogP contribution in [-0.4, -0.2) is 24.4 Å². The lowest BCUT2D eigenvalue weighted by atomic mass is 10.0. The lowest BCUT2D eigenvalue weighted by molar-refractivity contribution is -0.113. The molecule has 2 aromatic rings. The van der Waals surface area contributed by atoms with E-state index in [1.165, 1.54) is 11.8 Å². The largest absolute Gasteiger partial charge is 0.493 e. The summed E-state index contributed by atoms with van der Waals surface area (Å²) in [5, 5.41) is 0. The minimum atomic E-state index is -0.121. The molecule has 0 saturated carbocycles. The van der Waals surface area contributed by atoms with Crippen LogP contribution in [0.5, 0.6) is 11.5 Å². The highest BCUT2D eigenvalue weighted by atomic mass is 32.2. The van der Waals surface area contributed by atoms with Gasteiger partial charge in [0.25, 0.3) is 5.91 Å². The Morgan fingerprint density at radius 1 is 1.21 bits per heavy atom. The van der Waals surface area contributed by atoms with Crippen molar-refractivity contribution in [1.82, 2.24) is 0 Å². The molecule has 0 aromatic heterocycles. The third-order valence-electron chi connectivity index (χ3n) is 4.39. The maximum absolute atomic E-state index is 13.0. The molecule has 0 radical (unpaired) electrons. The van der Waals surface area contributed by atoms with Crippen LogP contribution in [0.3, 0.4) is 0 Å². The lowest BCUT2D eigenvalue weighted by Crippen LogP contribution is -2.28. The number of hydrogen-bond acceptors (Lipinski definition) is 5. The van der Waals surface area contributed by atoms with Crippen molar-refractivity contribution >= 4 is 46.0 Å².